The molecule has 5 rings (SSSR count). The summed E-state index contributed by atoms with van der Waals surface area (Å²) in [5.41, 5.74) is 1.06. The summed E-state index contributed by atoms with van der Waals surface area (Å²) in [5, 5.41) is 9.13. The summed E-state index contributed by atoms with van der Waals surface area (Å²) >= 11 is 1.74. The number of carbonyl (C=O) groups is 1. The number of nitrogens with one attached hydrogen (secondary N) is 1. The number of fused-ring (bicyclic) bond motifs is 1. The second-order valence-electron chi connectivity index (χ2n) is 7.77. The molecule has 162 valence electrons. The number of thiophene rings is 1. The van der Waals surface area contributed by atoms with Gasteiger partial charge in [0.1, 0.15) is 13.2 Å². The highest BCUT2D eigenvalue weighted by atomic mass is 32.1. The third-order valence-corrected chi connectivity index (χ3v) is 6.70. The first-order chi connectivity index (χ1) is 15.3. The molecule has 1 fully saturated rings. The number of rotatable bonds is 6. The average Bonchev–Trinajstić information content (AvgIpc) is 3.52. The molecular weight excluding hydrogens is 414 g/mol. The van der Waals surface area contributed by atoms with Gasteiger partial charge in [-0.05, 0) is 55.6 Å². The van der Waals surface area contributed by atoms with Crippen molar-refractivity contribution in [3.05, 3.63) is 52.3 Å². The van der Waals surface area contributed by atoms with Gasteiger partial charge in [0, 0.05) is 23.1 Å². The van der Waals surface area contributed by atoms with Gasteiger partial charge < -0.3 is 19.3 Å². The van der Waals surface area contributed by atoms with Crippen molar-refractivity contribution < 1.29 is 18.8 Å². The Morgan fingerprint density at radius 1 is 1.10 bits per heavy atom. The zero-order valence-electron chi connectivity index (χ0n) is 17.2. The van der Waals surface area contributed by atoms with Crippen molar-refractivity contribution in [2.75, 3.05) is 32.8 Å². The standard InChI is InChI=1S/C23H25N3O4S/c27-23(24-15-18(22-5-4-12-31-22)26-8-2-1-3-9-26)17-14-20(30-25-17)16-6-7-19-21(13-16)29-11-10-28-19/h4-7,12-14,18H,1-3,8-11,15H2,(H,24,27)/t18-/m1/s1. The van der Waals surface area contributed by atoms with Gasteiger partial charge in [-0.2, -0.15) is 0 Å². The second kappa shape index (κ2) is 9.11. The van der Waals surface area contributed by atoms with Gasteiger partial charge in [-0.3, -0.25) is 9.69 Å². The predicted octanol–water partition coefficient (Wildman–Crippen LogP) is 4.13. The van der Waals surface area contributed by atoms with Gasteiger partial charge in [-0.25, -0.2) is 0 Å². The molecule has 1 amide bonds. The lowest BCUT2D eigenvalue weighted by atomic mass is 10.1. The van der Waals surface area contributed by atoms with Crippen LogP contribution in [0, 0.1) is 0 Å². The number of ether oxygens (including phenoxy) is 2. The Labute approximate surface area is 184 Å². The van der Waals surface area contributed by atoms with Crippen LogP contribution in [0.5, 0.6) is 11.5 Å². The largest absolute Gasteiger partial charge is 0.486 e. The van der Waals surface area contributed by atoms with Crippen LogP contribution < -0.4 is 14.8 Å². The number of benzene rings is 1. The molecule has 3 aromatic rings. The Balaban J connectivity index is 1.27. The molecule has 1 aromatic carbocycles. The lowest BCUT2D eigenvalue weighted by Gasteiger charge is -2.34. The van der Waals surface area contributed by atoms with E-state index in [-0.39, 0.29) is 17.6 Å². The number of hydrogen-bond donors (Lipinski definition) is 1. The number of piperidine rings is 1. The lowest BCUT2D eigenvalue weighted by Crippen LogP contribution is -2.40. The first-order valence-electron chi connectivity index (χ1n) is 10.7. The Morgan fingerprint density at radius 2 is 1.94 bits per heavy atom. The highest BCUT2D eigenvalue weighted by molar-refractivity contribution is 7.10. The first kappa shape index (κ1) is 20.1. The van der Waals surface area contributed by atoms with Crippen LogP contribution in [0.4, 0.5) is 0 Å². The van der Waals surface area contributed by atoms with E-state index in [1.807, 2.05) is 18.2 Å². The van der Waals surface area contributed by atoms with E-state index in [1.165, 1.54) is 24.1 Å². The summed E-state index contributed by atoms with van der Waals surface area (Å²) in [6.07, 6.45) is 3.69. The normalized spacial score (nSPS) is 17.3. The molecule has 2 aliphatic rings. The maximum atomic E-state index is 12.8. The highest BCUT2D eigenvalue weighted by Gasteiger charge is 2.24. The van der Waals surface area contributed by atoms with Crippen molar-refractivity contribution >= 4 is 17.2 Å². The molecule has 0 radical (unpaired) electrons. The molecule has 2 aromatic heterocycles. The molecule has 1 atom stereocenters. The Morgan fingerprint density at radius 3 is 2.74 bits per heavy atom. The molecule has 0 spiro atoms. The van der Waals surface area contributed by atoms with Crippen LogP contribution in [-0.2, 0) is 0 Å². The quantitative estimate of drug-likeness (QED) is 0.622. The van der Waals surface area contributed by atoms with Gasteiger partial charge in [0.25, 0.3) is 5.91 Å². The SMILES string of the molecule is O=C(NC[C@H](c1cccs1)N1CCCCC1)c1cc(-c2ccc3c(c2)OCCO3)on1. The number of hydrogen-bond acceptors (Lipinski definition) is 7. The summed E-state index contributed by atoms with van der Waals surface area (Å²) in [6, 6.07) is 11.6. The highest BCUT2D eigenvalue weighted by Crippen LogP contribution is 2.34. The number of amides is 1. The molecule has 2 aliphatic heterocycles. The van der Waals surface area contributed by atoms with Crippen LogP contribution in [0.1, 0.15) is 40.7 Å². The zero-order chi connectivity index (χ0) is 21.0. The maximum absolute atomic E-state index is 12.8. The van der Waals surface area contributed by atoms with Crippen molar-refractivity contribution in [3.8, 4) is 22.8 Å². The molecule has 31 heavy (non-hydrogen) atoms. The molecule has 0 bridgehead atoms. The van der Waals surface area contributed by atoms with Gasteiger partial charge in [0.15, 0.2) is 23.0 Å². The van der Waals surface area contributed by atoms with E-state index in [0.717, 1.165) is 18.7 Å². The summed E-state index contributed by atoms with van der Waals surface area (Å²) < 4.78 is 16.6. The Kier molecular flexibility index (Phi) is 5.90. The van der Waals surface area contributed by atoms with E-state index in [0.29, 0.717) is 37.0 Å². The Hall–Kier alpha value is -2.84. The fourth-order valence-electron chi connectivity index (χ4n) is 4.12. The van der Waals surface area contributed by atoms with Crippen LogP contribution in [0.3, 0.4) is 0 Å². The van der Waals surface area contributed by atoms with Gasteiger partial charge in [0.2, 0.25) is 0 Å². The molecule has 7 nitrogen and oxygen atoms in total. The smallest absolute Gasteiger partial charge is 0.273 e. The summed E-state index contributed by atoms with van der Waals surface area (Å²) in [7, 11) is 0. The predicted molar refractivity (Wildman–Crippen MR) is 118 cm³/mol. The molecule has 4 heterocycles. The number of nitrogens with zero attached hydrogens (tertiary/aromatic N) is 2. The molecule has 1 saturated heterocycles. The van der Waals surface area contributed by atoms with Gasteiger partial charge in [-0.15, -0.1) is 11.3 Å². The van der Waals surface area contributed by atoms with Crippen LogP contribution >= 0.6 is 11.3 Å². The minimum Gasteiger partial charge on any atom is -0.486 e. The zero-order valence-corrected chi connectivity index (χ0v) is 18.0. The molecule has 0 aliphatic carbocycles. The molecule has 8 heteroatoms. The van der Waals surface area contributed by atoms with Crippen molar-refractivity contribution in [2.45, 2.75) is 25.3 Å². The van der Waals surface area contributed by atoms with E-state index in [4.69, 9.17) is 14.0 Å². The van der Waals surface area contributed by atoms with Crippen molar-refractivity contribution in [1.82, 2.24) is 15.4 Å². The topological polar surface area (TPSA) is 76.8 Å². The van der Waals surface area contributed by atoms with Gasteiger partial charge in [-0.1, -0.05) is 17.6 Å². The number of likely N-dealkylation sites (tertiary alicyclic amines) is 1. The monoisotopic (exact) mass is 439 g/mol. The fourth-order valence-corrected chi connectivity index (χ4v) is 4.98. The molecule has 0 unspecified atom stereocenters. The number of carbonyl (C=O) groups excluding carboxylic acids is 1. The van der Waals surface area contributed by atoms with E-state index in [2.05, 4.69) is 32.9 Å². The number of aromatic nitrogens is 1. The fraction of sp³-hybridized carbons (Fsp3) is 0.391. The second-order valence-corrected chi connectivity index (χ2v) is 8.75. The van der Waals surface area contributed by atoms with Crippen LogP contribution in [0.25, 0.3) is 11.3 Å². The minimum absolute atomic E-state index is 0.188. The maximum Gasteiger partial charge on any atom is 0.273 e. The van der Waals surface area contributed by atoms with Crippen LogP contribution in [0.15, 0.2) is 46.3 Å². The van der Waals surface area contributed by atoms with Crippen LogP contribution in [-0.4, -0.2) is 48.8 Å². The molecular formula is C23H25N3O4S. The third-order valence-electron chi connectivity index (χ3n) is 5.73. The lowest BCUT2D eigenvalue weighted by molar-refractivity contribution is 0.0917. The third kappa shape index (κ3) is 4.45. The van der Waals surface area contributed by atoms with E-state index < -0.39 is 0 Å². The summed E-state index contributed by atoms with van der Waals surface area (Å²) in [6.45, 7) is 3.74. The van der Waals surface area contributed by atoms with Crippen LogP contribution in [0.2, 0.25) is 0 Å². The van der Waals surface area contributed by atoms with E-state index >= 15 is 0 Å². The summed E-state index contributed by atoms with van der Waals surface area (Å²) in [5.74, 6) is 1.68. The summed E-state index contributed by atoms with van der Waals surface area (Å²) in [4.78, 5) is 16.5. The van der Waals surface area contributed by atoms with Crippen molar-refractivity contribution in [2.24, 2.45) is 0 Å². The van der Waals surface area contributed by atoms with Crippen molar-refractivity contribution in [1.29, 1.82) is 0 Å². The first-order valence-corrected chi connectivity index (χ1v) is 11.6. The van der Waals surface area contributed by atoms with E-state index in [1.54, 1.807) is 17.4 Å². The Bertz CT molecular complexity index is 1030. The molecule has 0 saturated carbocycles. The van der Waals surface area contributed by atoms with Crippen molar-refractivity contribution in [3.63, 3.8) is 0 Å². The minimum atomic E-state index is -0.230. The van der Waals surface area contributed by atoms with E-state index in [9.17, 15) is 4.79 Å². The molecule has 1 N–H and O–H groups in total. The average molecular weight is 440 g/mol. The van der Waals surface area contributed by atoms with Gasteiger partial charge in [0.05, 0.1) is 6.04 Å². The van der Waals surface area contributed by atoms with Gasteiger partial charge >= 0.3 is 0 Å².